The van der Waals surface area contributed by atoms with Gasteiger partial charge in [0, 0.05) is 10.4 Å². The van der Waals surface area contributed by atoms with Crippen molar-refractivity contribution < 1.29 is 14.7 Å². The highest BCUT2D eigenvalue weighted by molar-refractivity contribution is 6.31. The lowest BCUT2D eigenvalue weighted by Crippen LogP contribution is -2.15. The monoisotopic (exact) mass is 255 g/mol. The molecule has 0 aliphatic rings. The summed E-state index contributed by atoms with van der Waals surface area (Å²) in [6.07, 6.45) is -0.239. The number of benzene rings is 1. The van der Waals surface area contributed by atoms with Gasteiger partial charge in [-0.15, -0.1) is 0 Å². The van der Waals surface area contributed by atoms with Crippen molar-refractivity contribution in [3.8, 4) is 0 Å². The Morgan fingerprint density at radius 2 is 2.41 bits per heavy atom. The van der Waals surface area contributed by atoms with Crippen LogP contribution in [-0.2, 0) is 6.42 Å². The molecule has 8 heteroatoms. The fourth-order valence-corrected chi connectivity index (χ4v) is 1.55. The predicted octanol–water partition coefficient (Wildman–Crippen LogP) is 2.09. The molecule has 2 rings (SSSR count). The van der Waals surface area contributed by atoms with Crippen LogP contribution in [0.4, 0.5) is 0 Å². The summed E-state index contributed by atoms with van der Waals surface area (Å²) in [6, 6.07) is 4.81. The molecule has 1 N–H and O–H groups in total. The van der Waals surface area contributed by atoms with Crippen LogP contribution in [0.5, 0.6) is 0 Å². The van der Waals surface area contributed by atoms with Crippen molar-refractivity contribution in [3.63, 3.8) is 0 Å². The van der Waals surface area contributed by atoms with Crippen molar-refractivity contribution in [2.45, 2.75) is 6.42 Å². The number of rotatable bonds is 2. The third kappa shape index (κ3) is 2.18. The second-order valence-electron chi connectivity index (χ2n) is 3.22. The van der Waals surface area contributed by atoms with Crippen molar-refractivity contribution in [1.82, 2.24) is 5.16 Å². The van der Waals surface area contributed by atoms with E-state index in [4.69, 9.17) is 21.3 Å². The lowest BCUT2D eigenvalue weighted by molar-refractivity contribution is -0.355. The van der Waals surface area contributed by atoms with Crippen LogP contribution in [0.1, 0.15) is 5.69 Å². The summed E-state index contributed by atoms with van der Waals surface area (Å²) in [5.74, 6) is -0.611. The average Bonchev–Trinajstić information content (AvgIpc) is 2.68. The quantitative estimate of drug-likeness (QED) is 0.291. The minimum Gasteiger partial charge on any atom is -0.358 e. The Morgan fingerprint density at radius 1 is 1.65 bits per heavy atom. The minimum atomic E-state index is -0.787. The van der Waals surface area contributed by atoms with Crippen LogP contribution < -0.4 is 0 Å². The Labute approximate surface area is 99.4 Å². The van der Waals surface area contributed by atoms with Gasteiger partial charge in [0.2, 0.25) is 0 Å². The summed E-state index contributed by atoms with van der Waals surface area (Å²) >= 11 is 5.80. The molecule has 0 aliphatic heterocycles. The van der Waals surface area contributed by atoms with E-state index in [0.717, 1.165) is 0 Å². The highest BCUT2D eigenvalue weighted by Gasteiger charge is 2.19. The molecule has 0 radical (unpaired) electrons. The van der Waals surface area contributed by atoms with Gasteiger partial charge in [-0.3, -0.25) is 0 Å². The molecule has 0 unspecified atom stereocenters. The minimum absolute atomic E-state index is 0.239. The molecule has 1 aromatic carbocycles. The fraction of sp³-hybridized carbons (Fsp3) is 0.111. The molecule has 1 heterocycles. The standard InChI is InChI=1S/C9H6ClN3O4/c10-5-1-2-8-6(3-5)7(12-17-8)4-9(11-14)13(15)16/h1-3,14H,4H2. The SMILES string of the molecule is O=[N+]([O-])C(Cc1noc2ccc(Cl)cc12)=NO. The van der Waals surface area contributed by atoms with E-state index in [1.807, 2.05) is 0 Å². The van der Waals surface area contributed by atoms with Gasteiger partial charge in [-0.2, -0.15) is 0 Å². The Morgan fingerprint density at radius 3 is 3.06 bits per heavy atom. The zero-order valence-corrected chi connectivity index (χ0v) is 9.09. The summed E-state index contributed by atoms with van der Waals surface area (Å²) in [5, 5.41) is 26.3. The molecule has 1 aromatic heterocycles. The zero-order valence-electron chi connectivity index (χ0n) is 8.33. The van der Waals surface area contributed by atoms with E-state index in [0.29, 0.717) is 21.7 Å². The summed E-state index contributed by atoms with van der Waals surface area (Å²) in [6.45, 7) is 0. The maximum Gasteiger partial charge on any atom is 0.391 e. The van der Waals surface area contributed by atoms with E-state index in [2.05, 4.69) is 10.3 Å². The maximum atomic E-state index is 10.5. The van der Waals surface area contributed by atoms with Crippen LogP contribution in [0, 0.1) is 10.1 Å². The van der Waals surface area contributed by atoms with Crippen molar-refractivity contribution >= 4 is 28.4 Å². The lowest BCUT2D eigenvalue weighted by atomic mass is 10.1. The van der Waals surface area contributed by atoms with Crippen LogP contribution in [0.25, 0.3) is 11.0 Å². The van der Waals surface area contributed by atoms with Gasteiger partial charge in [0.05, 0.1) is 0 Å². The third-order valence-electron chi connectivity index (χ3n) is 2.16. The second kappa shape index (κ2) is 4.38. The first-order valence-electron chi connectivity index (χ1n) is 4.51. The molecule has 7 nitrogen and oxygen atoms in total. The van der Waals surface area contributed by atoms with Gasteiger partial charge >= 0.3 is 5.84 Å². The second-order valence-corrected chi connectivity index (χ2v) is 3.66. The molecule has 0 bridgehead atoms. The number of oxime groups is 1. The van der Waals surface area contributed by atoms with Crippen LogP contribution >= 0.6 is 11.6 Å². The van der Waals surface area contributed by atoms with Gasteiger partial charge in [-0.25, -0.2) is 0 Å². The fourth-order valence-electron chi connectivity index (χ4n) is 1.37. The molecule has 0 amide bonds. The summed E-state index contributed by atoms with van der Waals surface area (Å²) in [5.41, 5.74) is 0.761. The van der Waals surface area contributed by atoms with Gasteiger partial charge in [0.1, 0.15) is 12.1 Å². The van der Waals surface area contributed by atoms with Gasteiger partial charge in [0.25, 0.3) is 0 Å². The average molecular weight is 256 g/mol. The number of amidine groups is 1. The molecule has 0 atom stereocenters. The number of hydrogen-bond acceptors (Lipinski definition) is 6. The molecular weight excluding hydrogens is 250 g/mol. The molecule has 0 spiro atoms. The van der Waals surface area contributed by atoms with Crippen molar-refractivity contribution in [2.75, 3.05) is 0 Å². The first-order chi connectivity index (χ1) is 8.11. The largest absolute Gasteiger partial charge is 0.391 e. The van der Waals surface area contributed by atoms with Crippen LogP contribution in [0.2, 0.25) is 5.02 Å². The van der Waals surface area contributed by atoms with E-state index in [9.17, 15) is 10.1 Å². The van der Waals surface area contributed by atoms with Gasteiger partial charge in [-0.1, -0.05) is 16.8 Å². The number of nitro groups is 1. The number of hydrogen-bond donors (Lipinski definition) is 1. The van der Waals surface area contributed by atoms with Crippen LogP contribution in [0.3, 0.4) is 0 Å². The molecule has 2 aromatic rings. The Hall–Kier alpha value is -2.15. The summed E-state index contributed by atoms with van der Waals surface area (Å²) in [4.78, 5) is 9.70. The van der Waals surface area contributed by atoms with Crippen LogP contribution in [-0.4, -0.2) is 21.1 Å². The highest BCUT2D eigenvalue weighted by Crippen LogP contribution is 2.23. The summed E-state index contributed by atoms with van der Waals surface area (Å²) in [7, 11) is 0. The number of fused-ring (bicyclic) bond motifs is 1. The Bertz CT molecular complexity index is 607. The topological polar surface area (TPSA) is 102 Å². The van der Waals surface area contributed by atoms with Crippen LogP contribution in [0.15, 0.2) is 27.9 Å². The Kier molecular flexibility index (Phi) is 2.92. The smallest absolute Gasteiger partial charge is 0.358 e. The molecule has 0 fully saturated rings. The van der Waals surface area contributed by atoms with Crippen molar-refractivity contribution in [3.05, 3.63) is 39.0 Å². The summed E-state index contributed by atoms with van der Waals surface area (Å²) < 4.78 is 4.96. The number of aromatic nitrogens is 1. The molecular formula is C9H6ClN3O4. The predicted molar refractivity (Wildman–Crippen MR) is 58.9 cm³/mol. The molecule has 17 heavy (non-hydrogen) atoms. The number of halogens is 1. The van der Waals surface area contributed by atoms with E-state index < -0.39 is 10.8 Å². The van der Waals surface area contributed by atoms with E-state index in [1.54, 1.807) is 18.2 Å². The maximum absolute atomic E-state index is 10.5. The van der Waals surface area contributed by atoms with E-state index in [1.165, 1.54) is 0 Å². The molecule has 0 aliphatic carbocycles. The van der Waals surface area contributed by atoms with Gasteiger partial charge in [0.15, 0.2) is 10.7 Å². The zero-order chi connectivity index (χ0) is 12.4. The Balaban J connectivity index is 2.43. The molecule has 0 saturated heterocycles. The number of nitrogens with zero attached hydrogens (tertiary/aromatic N) is 3. The van der Waals surface area contributed by atoms with Gasteiger partial charge in [-0.05, 0) is 23.1 Å². The van der Waals surface area contributed by atoms with Crippen molar-refractivity contribution in [2.24, 2.45) is 5.16 Å². The first-order valence-corrected chi connectivity index (χ1v) is 4.88. The van der Waals surface area contributed by atoms with E-state index >= 15 is 0 Å². The molecule has 88 valence electrons. The first kappa shape index (κ1) is 11.3. The van der Waals surface area contributed by atoms with E-state index in [-0.39, 0.29) is 6.42 Å². The highest BCUT2D eigenvalue weighted by atomic mass is 35.5. The van der Waals surface area contributed by atoms with Crippen molar-refractivity contribution in [1.29, 1.82) is 0 Å². The third-order valence-corrected chi connectivity index (χ3v) is 2.39. The van der Waals surface area contributed by atoms with Gasteiger partial charge < -0.3 is 19.8 Å². The lowest BCUT2D eigenvalue weighted by Gasteiger charge is -1.94. The normalized spacial score (nSPS) is 11.9. The molecule has 0 saturated carbocycles.